The van der Waals surface area contributed by atoms with Crippen LogP contribution in [0.25, 0.3) is 0 Å². The summed E-state index contributed by atoms with van der Waals surface area (Å²) in [6.07, 6.45) is 2.19. The van der Waals surface area contributed by atoms with Crippen LogP contribution >= 0.6 is 13.5 Å². The molecule has 0 aromatic heterocycles. The topological polar surface area (TPSA) is 63.2 Å². The van der Waals surface area contributed by atoms with E-state index in [2.05, 4.69) is 5.32 Å². The molecule has 0 bridgehead atoms. The summed E-state index contributed by atoms with van der Waals surface area (Å²) in [6.45, 7) is 3.57. The number of carbonyl (C=O) groups is 1. The highest BCUT2D eigenvalue weighted by molar-refractivity contribution is 7.91. The van der Waals surface area contributed by atoms with E-state index in [1.54, 1.807) is 19.1 Å². The van der Waals surface area contributed by atoms with Crippen LogP contribution in [0.15, 0.2) is 47.4 Å². The molecule has 0 aliphatic heterocycles. The van der Waals surface area contributed by atoms with Crippen LogP contribution in [0, 0.1) is 24.6 Å². The quantitative estimate of drug-likeness (QED) is 0.773. The molecule has 0 saturated heterocycles. The highest BCUT2D eigenvalue weighted by Crippen LogP contribution is 2.37. The van der Waals surface area contributed by atoms with Crippen LogP contribution in [0.3, 0.4) is 0 Å². The van der Waals surface area contributed by atoms with Gasteiger partial charge in [0.1, 0.15) is 5.82 Å². The van der Waals surface area contributed by atoms with E-state index < -0.39 is 15.7 Å². The Morgan fingerprint density at radius 1 is 1.22 bits per heavy atom. The van der Waals surface area contributed by atoms with Crippen LogP contribution in [0.4, 0.5) is 10.1 Å². The maximum absolute atomic E-state index is 13.3. The molecule has 2 aromatic carbocycles. The van der Waals surface area contributed by atoms with Crippen molar-refractivity contribution in [2.24, 2.45) is 11.8 Å². The van der Waals surface area contributed by atoms with Crippen molar-refractivity contribution in [1.29, 1.82) is 0 Å². The van der Waals surface area contributed by atoms with Gasteiger partial charge in [0.2, 0.25) is 0 Å². The Hall–Kier alpha value is -1.86. The Morgan fingerprint density at radius 2 is 1.93 bits per heavy atom. The van der Waals surface area contributed by atoms with E-state index in [-0.39, 0.29) is 41.4 Å². The highest BCUT2D eigenvalue weighted by Gasteiger charge is 2.31. The first-order valence-corrected chi connectivity index (χ1v) is 10.3. The number of hydrogen-bond acceptors (Lipinski definition) is 3. The Labute approximate surface area is 166 Å². The van der Waals surface area contributed by atoms with Crippen molar-refractivity contribution in [2.45, 2.75) is 31.6 Å². The van der Waals surface area contributed by atoms with Gasteiger partial charge in [-0.15, -0.1) is 0 Å². The first kappa shape index (κ1) is 21.4. The third kappa shape index (κ3) is 5.32. The number of nitrogens with one attached hydrogen (secondary N) is 1. The molecular formula is C20H24FNO3S2. The van der Waals surface area contributed by atoms with Crippen LogP contribution in [0.1, 0.15) is 35.7 Å². The standard InChI is InChI=1S/C20H22FNO3S.H2S/c1-13-10-17(8-9-19(13)21)22-20(23)16-4-3-5-18(11-16)26(24,25)12-14(2)15-6-7-15;/h3-5,8-11,14-15H,6-7,12H2,1-2H3,(H,22,23);1H2/t14-;/m1./s1. The lowest BCUT2D eigenvalue weighted by molar-refractivity contribution is 0.102. The fraction of sp³-hybridized carbons (Fsp3) is 0.350. The van der Waals surface area contributed by atoms with E-state index in [0.29, 0.717) is 17.2 Å². The molecule has 1 saturated carbocycles. The summed E-state index contributed by atoms with van der Waals surface area (Å²) in [7, 11) is -3.44. The van der Waals surface area contributed by atoms with Gasteiger partial charge in [0, 0.05) is 11.3 Å². The van der Waals surface area contributed by atoms with Gasteiger partial charge in [0.05, 0.1) is 10.6 Å². The summed E-state index contributed by atoms with van der Waals surface area (Å²) < 4.78 is 38.6. The van der Waals surface area contributed by atoms with Gasteiger partial charge in [-0.3, -0.25) is 4.79 Å². The molecular weight excluding hydrogens is 385 g/mol. The van der Waals surface area contributed by atoms with Crippen molar-refractivity contribution >= 4 is 34.9 Å². The second kappa shape index (κ2) is 8.44. The molecule has 146 valence electrons. The number of hydrogen-bond donors (Lipinski definition) is 1. The lowest BCUT2D eigenvalue weighted by atomic mass is 10.1. The highest BCUT2D eigenvalue weighted by atomic mass is 32.2. The number of amides is 1. The molecule has 2 aromatic rings. The molecule has 4 nitrogen and oxygen atoms in total. The van der Waals surface area contributed by atoms with E-state index in [0.717, 1.165) is 12.8 Å². The monoisotopic (exact) mass is 409 g/mol. The van der Waals surface area contributed by atoms with E-state index in [9.17, 15) is 17.6 Å². The van der Waals surface area contributed by atoms with Crippen molar-refractivity contribution in [3.05, 3.63) is 59.4 Å². The van der Waals surface area contributed by atoms with Gasteiger partial charge in [-0.05, 0) is 73.6 Å². The van der Waals surface area contributed by atoms with Crippen molar-refractivity contribution in [2.75, 3.05) is 11.1 Å². The summed E-state index contributed by atoms with van der Waals surface area (Å²) in [5, 5.41) is 2.67. The van der Waals surface area contributed by atoms with Crippen molar-refractivity contribution in [1.82, 2.24) is 0 Å². The summed E-state index contributed by atoms with van der Waals surface area (Å²) in [5.41, 5.74) is 1.14. The zero-order chi connectivity index (χ0) is 18.9. The minimum absolute atomic E-state index is 0. The molecule has 1 fully saturated rings. The van der Waals surface area contributed by atoms with Crippen LogP contribution in [-0.4, -0.2) is 20.1 Å². The number of rotatable bonds is 6. The van der Waals surface area contributed by atoms with Crippen molar-refractivity contribution in [3.63, 3.8) is 0 Å². The molecule has 7 heteroatoms. The van der Waals surface area contributed by atoms with Crippen LogP contribution in [-0.2, 0) is 9.84 Å². The smallest absolute Gasteiger partial charge is 0.255 e. The summed E-state index contributed by atoms with van der Waals surface area (Å²) in [5.74, 6) is -0.0540. The lowest BCUT2D eigenvalue weighted by Gasteiger charge is -2.12. The van der Waals surface area contributed by atoms with Crippen molar-refractivity contribution in [3.8, 4) is 0 Å². The Balaban J connectivity index is 0.00000261. The normalized spacial score (nSPS) is 14.9. The average molecular weight is 410 g/mol. The number of aryl methyl sites for hydroxylation is 1. The Morgan fingerprint density at radius 3 is 2.56 bits per heavy atom. The number of sulfone groups is 1. The number of carbonyl (C=O) groups excluding carboxylic acids is 1. The predicted molar refractivity (Wildman–Crippen MR) is 110 cm³/mol. The Kier molecular flexibility index (Phi) is 6.70. The van der Waals surface area contributed by atoms with E-state index in [4.69, 9.17) is 0 Å². The minimum Gasteiger partial charge on any atom is -0.322 e. The molecule has 0 spiro atoms. The molecule has 1 N–H and O–H groups in total. The third-order valence-electron chi connectivity index (χ3n) is 4.78. The van der Waals surface area contributed by atoms with Gasteiger partial charge < -0.3 is 5.32 Å². The molecule has 1 aliphatic rings. The van der Waals surface area contributed by atoms with Gasteiger partial charge in [0.15, 0.2) is 9.84 Å². The Bertz CT molecular complexity index is 940. The molecule has 0 unspecified atom stereocenters. The SMILES string of the molecule is Cc1cc(NC(=O)c2cccc(S(=O)(=O)C[C@@H](C)C3CC3)c2)ccc1F.S. The summed E-state index contributed by atoms with van der Waals surface area (Å²) >= 11 is 0. The van der Waals surface area contributed by atoms with E-state index in [1.807, 2.05) is 6.92 Å². The fourth-order valence-corrected chi connectivity index (χ4v) is 4.75. The zero-order valence-electron chi connectivity index (χ0n) is 15.3. The van der Waals surface area contributed by atoms with Gasteiger partial charge in [-0.25, -0.2) is 12.8 Å². The number of halogens is 1. The van der Waals surface area contributed by atoms with Crippen molar-refractivity contribution < 1.29 is 17.6 Å². The average Bonchev–Trinajstić information content (AvgIpc) is 3.43. The van der Waals surface area contributed by atoms with Crippen LogP contribution < -0.4 is 5.32 Å². The summed E-state index contributed by atoms with van der Waals surface area (Å²) in [6, 6.07) is 10.3. The molecule has 27 heavy (non-hydrogen) atoms. The van der Waals surface area contributed by atoms with Crippen LogP contribution in [0.5, 0.6) is 0 Å². The molecule has 1 amide bonds. The second-order valence-corrected chi connectivity index (χ2v) is 9.08. The third-order valence-corrected chi connectivity index (χ3v) is 6.72. The minimum atomic E-state index is -3.44. The van der Waals surface area contributed by atoms with Gasteiger partial charge in [0.25, 0.3) is 5.91 Å². The first-order chi connectivity index (χ1) is 12.3. The fourth-order valence-electron chi connectivity index (χ4n) is 3.00. The maximum Gasteiger partial charge on any atom is 0.255 e. The molecule has 3 rings (SSSR count). The lowest BCUT2D eigenvalue weighted by Crippen LogP contribution is -2.17. The summed E-state index contributed by atoms with van der Waals surface area (Å²) in [4.78, 5) is 12.6. The van der Waals surface area contributed by atoms with E-state index in [1.165, 1.54) is 30.3 Å². The second-order valence-electron chi connectivity index (χ2n) is 7.04. The number of benzene rings is 2. The maximum atomic E-state index is 13.3. The number of anilines is 1. The molecule has 1 aliphatic carbocycles. The van der Waals surface area contributed by atoms with Gasteiger partial charge in [-0.1, -0.05) is 13.0 Å². The predicted octanol–water partition coefficient (Wildman–Crippen LogP) is 4.32. The first-order valence-electron chi connectivity index (χ1n) is 8.66. The van der Waals surface area contributed by atoms with Crippen LogP contribution in [0.2, 0.25) is 0 Å². The molecule has 1 atom stereocenters. The zero-order valence-corrected chi connectivity index (χ0v) is 17.1. The van der Waals surface area contributed by atoms with Gasteiger partial charge in [-0.2, -0.15) is 13.5 Å². The largest absolute Gasteiger partial charge is 0.322 e. The van der Waals surface area contributed by atoms with E-state index >= 15 is 0 Å². The van der Waals surface area contributed by atoms with Gasteiger partial charge >= 0.3 is 0 Å². The molecule has 0 radical (unpaired) electrons. The molecule has 0 heterocycles.